The number of rotatable bonds is 4. The van der Waals surface area contributed by atoms with Crippen molar-refractivity contribution in [2.45, 2.75) is 6.17 Å². The van der Waals surface area contributed by atoms with Gasteiger partial charge in [0.25, 0.3) is 5.91 Å². The molecule has 0 saturated carbocycles. The Kier molecular flexibility index (Phi) is 4.66. The first kappa shape index (κ1) is 18.9. The summed E-state index contributed by atoms with van der Waals surface area (Å²) in [5.74, 6) is -1.44. The van der Waals surface area contributed by atoms with E-state index in [1.807, 2.05) is 18.2 Å². The van der Waals surface area contributed by atoms with E-state index in [0.29, 0.717) is 30.4 Å². The summed E-state index contributed by atoms with van der Waals surface area (Å²) in [6.07, 6.45) is 2.70. The van der Waals surface area contributed by atoms with Gasteiger partial charge in [-0.3, -0.25) is 9.89 Å². The first-order valence-electron chi connectivity index (χ1n) is 9.51. The number of aromatic nitrogens is 2. The van der Waals surface area contributed by atoms with Gasteiger partial charge in [0.05, 0.1) is 17.6 Å². The molecule has 0 spiro atoms. The maximum Gasteiger partial charge on any atom is 0.261 e. The Morgan fingerprint density at radius 3 is 2.68 bits per heavy atom. The summed E-state index contributed by atoms with van der Waals surface area (Å²) in [7, 11) is 0. The van der Waals surface area contributed by atoms with Crippen molar-refractivity contribution in [3.8, 4) is 11.5 Å². The Labute approximate surface area is 175 Å². The monoisotopic (exact) mass is 425 g/mol. The van der Waals surface area contributed by atoms with Gasteiger partial charge >= 0.3 is 0 Å². The van der Waals surface area contributed by atoms with Crippen molar-refractivity contribution in [2.24, 2.45) is 0 Å². The molecular formula is C21H17F2N5O3. The van der Waals surface area contributed by atoms with E-state index < -0.39 is 29.3 Å². The number of H-pyrrole nitrogens is 1. The topological polar surface area (TPSA) is 100 Å². The third-order valence-electron chi connectivity index (χ3n) is 4.94. The molecule has 2 aliphatic heterocycles. The van der Waals surface area contributed by atoms with E-state index in [-0.39, 0.29) is 5.69 Å². The van der Waals surface area contributed by atoms with Crippen molar-refractivity contribution in [1.82, 2.24) is 20.8 Å². The maximum absolute atomic E-state index is 13.9. The molecule has 0 aliphatic carbocycles. The zero-order valence-electron chi connectivity index (χ0n) is 16.0. The number of nitrogens with zero attached hydrogens (tertiary/aromatic N) is 1. The molecule has 2 aromatic carbocycles. The molecule has 3 heterocycles. The van der Waals surface area contributed by atoms with Crippen LogP contribution in [0.4, 0.5) is 14.5 Å². The number of amides is 1. The SMILES string of the molecule is O=C(Nc1cn[nH]c1C1NC=C(c2ccc3c(c2)OCCO3)N1)c1c(F)cccc1F. The number of hydrogen-bond acceptors (Lipinski definition) is 6. The number of aromatic amines is 1. The minimum absolute atomic E-state index is 0.287. The molecule has 1 atom stereocenters. The standard InChI is InChI=1S/C21H17F2N5O3/c22-12-2-1-3-13(23)18(12)21(29)27-15-10-25-28-19(15)20-24-9-14(26-20)11-4-5-16-17(8-11)31-7-6-30-16/h1-5,8-10,20,24,26H,6-7H2,(H,25,28)(H,27,29). The van der Waals surface area contributed by atoms with E-state index in [4.69, 9.17) is 9.47 Å². The molecule has 0 fully saturated rings. The van der Waals surface area contributed by atoms with E-state index in [1.165, 1.54) is 12.3 Å². The van der Waals surface area contributed by atoms with Crippen LogP contribution in [0.3, 0.4) is 0 Å². The van der Waals surface area contributed by atoms with Crippen molar-refractivity contribution in [3.63, 3.8) is 0 Å². The molecule has 31 heavy (non-hydrogen) atoms. The van der Waals surface area contributed by atoms with Crippen LogP contribution in [0.1, 0.15) is 27.8 Å². The highest BCUT2D eigenvalue weighted by molar-refractivity contribution is 6.04. The lowest BCUT2D eigenvalue weighted by molar-refractivity contribution is 0.101. The third-order valence-corrected chi connectivity index (χ3v) is 4.94. The molecule has 0 bridgehead atoms. The van der Waals surface area contributed by atoms with Gasteiger partial charge in [0.15, 0.2) is 11.5 Å². The van der Waals surface area contributed by atoms with Crippen LogP contribution in [0.5, 0.6) is 11.5 Å². The minimum Gasteiger partial charge on any atom is -0.486 e. The number of benzene rings is 2. The van der Waals surface area contributed by atoms with Gasteiger partial charge in [0, 0.05) is 11.8 Å². The normalized spacial score (nSPS) is 16.8. The van der Waals surface area contributed by atoms with Gasteiger partial charge in [-0.05, 0) is 30.3 Å². The minimum atomic E-state index is -0.942. The fourth-order valence-corrected chi connectivity index (χ4v) is 3.45. The molecule has 8 nitrogen and oxygen atoms in total. The van der Waals surface area contributed by atoms with Gasteiger partial charge in [-0.15, -0.1) is 0 Å². The second-order valence-corrected chi connectivity index (χ2v) is 6.91. The van der Waals surface area contributed by atoms with Crippen LogP contribution in [0.15, 0.2) is 48.8 Å². The number of carbonyl (C=O) groups excluding carboxylic acids is 1. The van der Waals surface area contributed by atoms with E-state index in [2.05, 4.69) is 26.1 Å². The highest BCUT2D eigenvalue weighted by Crippen LogP contribution is 2.34. The lowest BCUT2D eigenvalue weighted by Gasteiger charge is -2.19. The lowest BCUT2D eigenvalue weighted by atomic mass is 10.1. The van der Waals surface area contributed by atoms with Crippen LogP contribution < -0.4 is 25.4 Å². The number of ether oxygens (including phenoxy) is 2. The summed E-state index contributed by atoms with van der Waals surface area (Å²) >= 11 is 0. The van der Waals surface area contributed by atoms with Crippen LogP contribution >= 0.6 is 0 Å². The Morgan fingerprint density at radius 2 is 1.87 bits per heavy atom. The first-order valence-corrected chi connectivity index (χ1v) is 9.51. The quantitative estimate of drug-likeness (QED) is 0.513. The van der Waals surface area contributed by atoms with Gasteiger partial charge < -0.3 is 25.4 Å². The molecule has 1 aromatic heterocycles. The fourth-order valence-electron chi connectivity index (χ4n) is 3.45. The maximum atomic E-state index is 13.9. The summed E-state index contributed by atoms with van der Waals surface area (Å²) in [5, 5.41) is 15.7. The Hall–Kier alpha value is -4.08. The Bertz CT molecular complexity index is 1170. The van der Waals surface area contributed by atoms with Gasteiger partial charge in [0.1, 0.15) is 42.3 Å². The van der Waals surface area contributed by atoms with Crippen LogP contribution in [-0.2, 0) is 0 Å². The molecular weight excluding hydrogens is 408 g/mol. The highest BCUT2D eigenvalue weighted by Gasteiger charge is 2.25. The van der Waals surface area contributed by atoms with Crippen molar-refractivity contribution in [2.75, 3.05) is 18.5 Å². The molecule has 158 valence electrons. The predicted molar refractivity (Wildman–Crippen MR) is 107 cm³/mol. The van der Waals surface area contributed by atoms with Gasteiger partial charge in [-0.25, -0.2) is 8.78 Å². The van der Waals surface area contributed by atoms with E-state index in [0.717, 1.165) is 23.4 Å². The lowest BCUT2D eigenvalue weighted by Crippen LogP contribution is -2.25. The van der Waals surface area contributed by atoms with Crippen LogP contribution in [0.25, 0.3) is 5.70 Å². The molecule has 0 saturated heterocycles. The summed E-state index contributed by atoms with van der Waals surface area (Å²) in [5.41, 5.74) is 1.78. The average molecular weight is 425 g/mol. The van der Waals surface area contributed by atoms with Crippen molar-refractivity contribution in [1.29, 1.82) is 0 Å². The van der Waals surface area contributed by atoms with Crippen molar-refractivity contribution >= 4 is 17.3 Å². The van der Waals surface area contributed by atoms with Crippen molar-refractivity contribution < 1.29 is 23.0 Å². The largest absolute Gasteiger partial charge is 0.486 e. The molecule has 2 aliphatic rings. The Morgan fingerprint density at radius 1 is 1.10 bits per heavy atom. The van der Waals surface area contributed by atoms with Gasteiger partial charge in [-0.2, -0.15) is 5.10 Å². The zero-order valence-corrected chi connectivity index (χ0v) is 16.0. The number of fused-ring (bicyclic) bond motifs is 1. The number of carbonyl (C=O) groups is 1. The third kappa shape index (κ3) is 3.52. The van der Waals surface area contributed by atoms with Crippen molar-refractivity contribution in [3.05, 3.63) is 77.3 Å². The molecule has 1 amide bonds. The smallest absolute Gasteiger partial charge is 0.261 e. The molecule has 4 N–H and O–H groups in total. The summed E-state index contributed by atoms with van der Waals surface area (Å²) in [6.45, 7) is 1.01. The summed E-state index contributed by atoms with van der Waals surface area (Å²) < 4.78 is 39.0. The molecule has 3 aromatic rings. The second-order valence-electron chi connectivity index (χ2n) is 6.91. The van der Waals surface area contributed by atoms with Gasteiger partial charge in [-0.1, -0.05) is 6.07 Å². The van der Waals surface area contributed by atoms with Gasteiger partial charge in [0.2, 0.25) is 0 Å². The number of anilines is 1. The first-order chi connectivity index (χ1) is 15.1. The number of hydrogen-bond donors (Lipinski definition) is 4. The zero-order chi connectivity index (χ0) is 21.4. The predicted octanol–water partition coefficient (Wildman–Crippen LogP) is 2.90. The van der Waals surface area contributed by atoms with E-state index in [1.54, 1.807) is 6.20 Å². The van der Waals surface area contributed by atoms with E-state index in [9.17, 15) is 13.6 Å². The highest BCUT2D eigenvalue weighted by atomic mass is 19.1. The van der Waals surface area contributed by atoms with Crippen LogP contribution in [0, 0.1) is 11.6 Å². The molecule has 0 radical (unpaired) electrons. The van der Waals surface area contributed by atoms with E-state index >= 15 is 0 Å². The molecule has 5 rings (SSSR count). The molecule has 1 unspecified atom stereocenters. The Balaban J connectivity index is 1.32. The average Bonchev–Trinajstić information content (AvgIpc) is 3.43. The summed E-state index contributed by atoms with van der Waals surface area (Å²) in [4.78, 5) is 12.4. The fraction of sp³-hybridized carbons (Fsp3) is 0.143. The number of nitrogens with one attached hydrogen (secondary N) is 4. The molecule has 10 heteroatoms. The number of halogens is 2. The second kappa shape index (κ2) is 7.63. The summed E-state index contributed by atoms with van der Waals surface area (Å²) in [6, 6.07) is 8.85. The van der Waals surface area contributed by atoms with Crippen LogP contribution in [0.2, 0.25) is 0 Å². The van der Waals surface area contributed by atoms with Crippen LogP contribution in [-0.4, -0.2) is 29.3 Å².